The van der Waals surface area contributed by atoms with Gasteiger partial charge in [0.05, 0.1) is 9.30 Å². The summed E-state index contributed by atoms with van der Waals surface area (Å²) in [4.78, 5) is -0.361. The third-order valence-electron chi connectivity index (χ3n) is 2.65. The molecule has 0 aliphatic rings. The van der Waals surface area contributed by atoms with Gasteiger partial charge in [0.25, 0.3) is 0 Å². The minimum atomic E-state index is -0.469. The fourth-order valence-electron chi connectivity index (χ4n) is 1.74. The van der Waals surface area contributed by atoms with E-state index >= 15 is 0 Å². The van der Waals surface area contributed by atoms with Crippen molar-refractivity contribution in [1.29, 1.82) is 0 Å². The highest BCUT2D eigenvalue weighted by Crippen LogP contribution is 2.34. The maximum absolute atomic E-state index is 13.8. The zero-order valence-electron chi connectivity index (χ0n) is 9.55. The highest BCUT2D eigenvalue weighted by Gasteiger charge is 2.17. The van der Waals surface area contributed by atoms with Crippen LogP contribution < -0.4 is 0 Å². The van der Waals surface area contributed by atoms with Gasteiger partial charge in [-0.15, -0.1) is 0 Å². The van der Waals surface area contributed by atoms with Crippen LogP contribution in [0.1, 0.15) is 21.5 Å². The number of rotatable bonds is 2. The Morgan fingerprint density at radius 1 is 1.06 bits per heavy atom. The molecule has 1 unspecified atom stereocenters. The van der Waals surface area contributed by atoms with E-state index in [4.69, 9.17) is 0 Å². The number of aryl methyl sites for hydroxylation is 1. The number of hydrogen-bond donors (Lipinski definition) is 0. The zero-order valence-corrected chi connectivity index (χ0v) is 12.7. The van der Waals surface area contributed by atoms with Gasteiger partial charge >= 0.3 is 0 Å². The monoisotopic (exact) mass is 374 g/mol. The van der Waals surface area contributed by atoms with Gasteiger partial charge in [-0.3, -0.25) is 0 Å². The summed E-state index contributed by atoms with van der Waals surface area (Å²) in [6.07, 6.45) is 0. The van der Waals surface area contributed by atoms with Crippen molar-refractivity contribution in [2.75, 3.05) is 0 Å². The number of alkyl halides is 1. The lowest BCUT2D eigenvalue weighted by atomic mass is 10.0. The van der Waals surface area contributed by atoms with Gasteiger partial charge in [-0.1, -0.05) is 45.8 Å². The van der Waals surface area contributed by atoms with Crippen molar-refractivity contribution < 1.29 is 8.78 Å². The van der Waals surface area contributed by atoms with Crippen LogP contribution in [0.2, 0.25) is 0 Å². The molecule has 18 heavy (non-hydrogen) atoms. The molecule has 0 spiro atoms. The Morgan fingerprint density at radius 3 is 2.44 bits per heavy atom. The van der Waals surface area contributed by atoms with Crippen LogP contribution in [0.5, 0.6) is 0 Å². The Morgan fingerprint density at radius 2 is 1.78 bits per heavy atom. The van der Waals surface area contributed by atoms with E-state index in [1.54, 1.807) is 0 Å². The summed E-state index contributed by atoms with van der Waals surface area (Å²) in [5, 5.41) is 0. The molecule has 0 aromatic heterocycles. The molecule has 0 N–H and O–H groups in total. The highest BCUT2D eigenvalue weighted by molar-refractivity contribution is 9.10. The van der Waals surface area contributed by atoms with Crippen molar-refractivity contribution >= 4 is 31.9 Å². The second kappa shape index (κ2) is 5.49. The first-order chi connectivity index (χ1) is 8.49. The van der Waals surface area contributed by atoms with Crippen LogP contribution in [0.4, 0.5) is 8.78 Å². The van der Waals surface area contributed by atoms with Crippen LogP contribution in [0.3, 0.4) is 0 Å². The summed E-state index contributed by atoms with van der Waals surface area (Å²) in [6.45, 7) is 1.96. The summed E-state index contributed by atoms with van der Waals surface area (Å²) < 4.78 is 27.5. The summed E-state index contributed by atoms with van der Waals surface area (Å²) in [5.41, 5.74) is 2.27. The molecule has 1 atom stereocenters. The van der Waals surface area contributed by atoms with E-state index < -0.39 is 11.6 Å². The number of hydrogen-bond acceptors (Lipinski definition) is 0. The molecular formula is C14H10Br2F2. The molecule has 0 heterocycles. The zero-order chi connectivity index (χ0) is 13.3. The van der Waals surface area contributed by atoms with E-state index in [0.717, 1.165) is 17.2 Å². The summed E-state index contributed by atoms with van der Waals surface area (Å²) >= 11 is 6.38. The van der Waals surface area contributed by atoms with Gasteiger partial charge < -0.3 is 0 Å². The molecule has 0 saturated heterocycles. The molecule has 0 saturated carbocycles. The van der Waals surface area contributed by atoms with Crippen molar-refractivity contribution in [2.45, 2.75) is 11.8 Å². The van der Waals surface area contributed by atoms with Gasteiger partial charge in [-0.05, 0) is 40.5 Å². The van der Waals surface area contributed by atoms with E-state index in [1.165, 1.54) is 6.07 Å². The molecule has 94 valence electrons. The maximum atomic E-state index is 13.8. The maximum Gasteiger partial charge on any atom is 0.137 e. The Bertz CT molecular complexity index is 582. The predicted molar refractivity (Wildman–Crippen MR) is 76.0 cm³/mol. The average molecular weight is 376 g/mol. The Kier molecular flexibility index (Phi) is 4.17. The minimum absolute atomic E-state index is 0.132. The van der Waals surface area contributed by atoms with Crippen molar-refractivity contribution in [3.8, 4) is 0 Å². The van der Waals surface area contributed by atoms with Crippen LogP contribution in [-0.2, 0) is 0 Å². The van der Waals surface area contributed by atoms with Crippen molar-refractivity contribution in [3.63, 3.8) is 0 Å². The smallest absolute Gasteiger partial charge is 0.137 e. The molecule has 2 aromatic rings. The molecule has 0 fully saturated rings. The lowest BCUT2D eigenvalue weighted by Crippen LogP contribution is -1.98. The summed E-state index contributed by atoms with van der Waals surface area (Å²) in [5.74, 6) is -0.907. The summed E-state index contributed by atoms with van der Waals surface area (Å²) in [7, 11) is 0. The Balaban J connectivity index is 2.46. The lowest BCUT2D eigenvalue weighted by molar-refractivity contribution is 0.583. The predicted octanol–water partition coefficient (Wildman–Crippen LogP) is 5.52. The molecule has 0 radical (unpaired) electrons. The first kappa shape index (κ1) is 13.7. The molecule has 2 rings (SSSR count). The van der Waals surface area contributed by atoms with E-state index in [2.05, 4.69) is 31.9 Å². The fourth-order valence-corrected chi connectivity index (χ4v) is 2.69. The van der Waals surface area contributed by atoms with E-state index in [1.807, 2.05) is 31.2 Å². The molecule has 2 aromatic carbocycles. The number of halogens is 4. The van der Waals surface area contributed by atoms with Crippen LogP contribution >= 0.6 is 31.9 Å². The van der Waals surface area contributed by atoms with E-state index in [-0.39, 0.29) is 9.30 Å². The van der Waals surface area contributed by atoms with E-state index in [9.17, 15) is 8.78 Å². The minimum Gasteiger partial charge on any atom is -0.207 e. The van der Waals surface area contributed by atoms with Crippen molar-refractivity contribution in [3.05, 3.63) is 69.2 Å². The van der Waals surface area contributed by atoms with E-state index in [0.29, 0.717) is 5.56 Å². The van der Waals surface area contributed by atoms with Gasteiger partial charge in [-0.25, -0.2) is 8.78 Å². The largest absolute Gasteiger partial charge is 0.207 e. The topological polar surface area (TPSA) is 0 Å². The molecule has 0 nitrogen and oxygen atoms in total. The second-order valence-corrected chi connectivity index (χ2v) is 5.83. The van der Waals surface area contributed by atoms with Crippen molar-refractivity contribution in [2.24, 2.45) is 0 Å². The molecule has 0 aliphatic heterocycles. The quantitative estimate of drug-likeness (QED) is 0.478. The highest BCUT2D eigenvalue weighted by atomic mass is 79.9. The molecule has 0 aliphatic carbocycles. The summed E-state index contributed by atoms with van der Waals surface area (Å²) in [6, 6.07) is 10.0. The van der Waals surface area contributed by atoms with Gasteiger partial charge in [0.2, 0.25) is 0 Å². The average Bonchev–Trinajstić information content (AvgIpc) is 2.33. The normalized spacial score (nSPS) is 12.5. The van der Waals surface area contributed by atoms with Crippen LogP contribution in [0.25, 0.3) is 0 Å². The molecule has 0 amide bonds. The third-order valence-corrected chi connectivity index (χ3v) is 4.28. The third kappa shape index (κ3) is 2.81. The SMILES string of the molecule is Cc1cccc(C(Br)c2cc(F)c(Br)cc2F)c1. The van der Waals surface area contributed by atoms with Gasteiger partial charge in [0, 0.05) is 5.56 Å². The Labute approximate surface area is 121 Å². The van der Waals surface area contributed by atoms with Gasteiger partial charge in [-0.2, -0.15) is 0 Å². The van der Waals surface area contributed by atoms with Crippen molar-refractivity contribution in [1.82, 2.24) is 0 Å². The van der Waals surface area contributed by atoms with Crippen LogP contribution in [0, 0.1) is 18.6 Å². The Hall–Kier alpha value is -0.740. The first-order valence-electron chi connectivity index (χ1n) is 5.34. The van der Waals surface area contributed by atoms with Gasteiger partial charge in [0.1, 0.15) is 11.6 Å². The van der Waals surface area contributed by atoms with Crippen LogP contribution in [-0.4, -0.2) is 0 Å². The first-order valence-corrected chi connectivity index (χ1v) is 7.05. The molecular weight excluding hydrogens is 366 g/mol. The van der Waals surface area contributed by atoms with Crippen LogP contribution in [0.15, 0.2) is 40.9 Å². The lowest BCUT2D eigenvalue weighted by Gasteiger charge is -2.13. The van der Waals surface area contributed by atoms with Gasteiger partial charge in [0.15, 0.2) is 0 Å². The molecule has 0 bridgehead atoms. The molecule has 4 heteroatoms. The fraction of sp³-hybridized carbons (Fsp3) is 0.143. The second-order valence-electron chi connectivity index (χ2n) is 4.06. The standard InChI is InChI=1S/C14H10Br2F2/c1-8-3-2-4-9(5-8)14(16)10-6-13(18)11(15)7-12(10)17/h2-7,14H,1H3. The number of benzene rings is 2.